The number of benzene rings is 1. The lowest BCUT2D eigenvalue weighted by Gasteiger charge is -2.22. The highest BCUT2D eigenvalue weighted by Crippen LogP contribution is 2.26. The van der Waals surface area contributed by atoms with Crippen LogP contribution in [-0.4, -0.2) is 18.1 Å². The first-order valence-corrected chi connectivity index (χ1v) is 7.08. The lowest BCUT2D eigenvalue weighted by Crippen LogP contribution is -2.30. The van der Waals surface area contributed by atoms with Gasteiger partial charge in [0.2, 0.25) is 0 Å². The molecule has 1 aliphatic heterocycles. The van der Waals surface area contributed by atoms with Crippen molar-refractivity contribution < 1.29 is 0 Å². The van der Waals surface area contributed by atoms with E-state index >= 15 is 0 Å². The molecule has 1 aromatic carbocycles. The third-order valence-corrected chi connectivity index (χ3v) is 4.13. The molecule has 2 nitrogen and oxygen atoms in total. The quantitative estimate of drug-likeness (QED) is 0.872. The van der Waals surface area contributed by atoms with E-state index in [0.717, 1.165) is 10.4 Å². The summed E-state index contributed by atoms with van der Waals surface area (Å²) < 4.78 is 1.16. The highest BCUT2D eigenvalue weighted by atomic mass is 79.9. The number of nitrogens with one attached hydrogen (secondary N) is 2. The van der Waals surface area contributed by atoms with Gasteiger partial charge in [-0.2, -0.15) is 0 Å². The van der Waals surface area contributed by atoms with Crippen LogP contribution in [0.1, 0.15) is 18.4 Å². The summed E-state index contributed by atoms with van der Waals surface area (Å²) in [5.74, 6) is 0.793. The van der Waals surface area contributed by atoms with Gasteiger partial charge in [-0.25, -0.2) is 0 Å². The Morgan fingerprint density at radius 1 is 1.35 bits per heavy atom. The van der Waals surface area contributed by atoms with Crippen molar-refractivity contribution in [3.63, 3.8) is 0 Å². The molecule has 0 saturated carbocycles. The number of aromatic nitrogens is 1. The molecular formula is C14H17BrN2. The zero-order valence-electron chi connectivity index (χ0n) is 9.80. The van der Waals surface area contributed by atoms with Gasteiger partial charge in [-0.05, 0) is 62.0 Å². The summed E-state index contributed by atoms with van der Waals surface area (Å²) >= 11 is 3.55. The van der Waals surface area contributed by atoms with Crippen LogP contribution in [0, 0.1) is 5.92 Å². The Morgan fingerprint density at radius 3 is 3.12 bits per heavy atom. The third-order valence-electron chi connectivity index (χ3n) is 3.64. The fraction of sp³-hybridized carbons (Fsp3) is 0.429. The molecule has 1 aromatic heterocycles. The first-order valence-electron chi connectivity index (χ1n) is 6.29. The first-order chi connectivity index (χ1) is 8.33. The van der Waals surface area contributed by atoms with Crippen molar-refractivity contribution >= 4 is 26.8 Å². The Hall–Kier alpha value is -0.800. The summed E-state index contributed by atoms with van der Waals surface area (Å²) in [4.78, 5) is 3.36. The number of hydrogen-bond donors (Lipinski definition) is 2. The topological polar surface area (TPSA) is 27.8 Å². The molecule has 0 amide bonds. The number of H-pyrrole nitrogens is 1. The maximum absolute atomic E-state index is 3.55. The minimum Gasteiger partial charge on any atom is -0.361 e. The molecule has 2 heterocycles. The van der Waals surface area contributed by atoms with Gasteiger partial charge in [-0.1, -0.05) is 15.9 Å². The average Bonchev–Trinajstić information content (AvgIpc) is 2.73. The van der Waals surface area contributed by atoms with Gasteiger partial charge in [0, 0.05) is 21.6 Å². The van der Waals surface area contributed by atoms with Crippen LogP contribution in [0.25, 0.3) is 10.9 Å². The predicted octanol–water partition coefficient (Wildman–Crippen LogP) is 3.47. The summed E-state index contributed by atoms with van der Waals surface area (Å²) in [7, 11) is 0. The maximum atomic E-state index is 3.55. The van der Waals surface area contributed by atoms with E-state index in [1.54, 1.807) is 0 Å². The minimum absolute atomic E-state index is 0.793. The zero-order valence-corrected chi connectivity index (χ0v) is 11.4. The van der Waals surface area contributed by atoms with Crippen LogP contribution < -0.4 is 5.32 Å². The highest BCUT2D eigenvalue weighted by Gasteiger charge is 2.15. The van der Waals surface area contributed by atoms with E-state index in [1.165, 1.54) is 48.8 Å². The molecule has 1 fully saturated rings. The normalized spacial score (nSPS) is 20.9. The van der Waals surface area contributed by atoms with E-state index < -0.39 is 0 Å². The number of piperidine rings is 1. The molecule has 3 rings (SSSR count). The van der Waals surface area contributed by atoms with Crippen molar-refractivity contribution in [3.8, 4) is 0 Å². The number of halogens is 1. The van der Waals surface area contributed by atoms with E-state index in [-0.39, 0.29) is 0 Å². The van der Waals surface area contributed by atoms with Crippen molar-refractivity contribution in [1.82, 2.24) is 10.3 Å². The zero-order chi connectivity index (χ0) is 11.7. The Kier molecular flexibility index (Phi) is 3.21. The van der Waals surface area contributed by atoms with Crippen LogP contribution >= 0.6 is 15.9 Å². The van der Waals surface area contributed by atoms with Crippen LogP contribution in [-0.2, 0) is 6.42 Å². The average molecular weight is 293 g/mol. The summed E-state index contributed by atoms with van der Waals surface area (Å²) in [6, 6.07) is 6.45. The molecule has 1 aliphatic rings. The fourth-order valence-electron chi connectivity index (χ4n) is 2.73. The summed E-state index contributed by atoms with van der Waals surface area (Å²) in [5.41, 5.74) is 2.70. The molecule has 0 radical (unpaired) electrons. The Balaban J connectivity index is 1.86. The molecule has 17 heavy (non-hydrogen) atoms. The van der Waals surface area contributed by atoms with Crippen molar-refractivity contribution in [1.29, 1.82) is 0 Å². The lowest BCUT2D eigenvalue weighted by atomic mass is 9.92. The van der Waals surface area contributed by atoms with E-state index in [2.05, 4.69) is 50.6 Å². The summed E-state index contributed by atoms with van der Waals surface area (Å²) in [5, 5.41) is 4.85. The number of aromatic amines is 1. The van der Waals surface area contributed by atoms with E-state index in [1.807, 2.05) is 0 Å². The molecule has 0 spiro atoms. The molecule has 1 saturated heterocycles. The minimum atomic E-state index is 0.793. The van der Waals surface area contributed by atoms with E-state index in [9.17, 15) is 0 Å². The van der Waals surface area contributed by atoms with Gasteiger partial charge in [-0.15, -0.1) is 0 Å². The summed E-state index contributed by atoms with van der Waals surface area (Å²) in [6.45, 7) is 2.36. The first kappa shape index (κ1) is 11.3. The van der Waals surface area contributed by atoms with Crippen molar-refractivity contribution in [3.05, 3.63) is 34.4 Å². The van der Waals surface area contributed by atoms with Gasteiger partial charge in [-0.3, -0.25) is 0 Å². The molecule has 1 atom stereocenters. The standard InChI is InChI=1S/C14H17BrN2/c15-12-3-4-14-13(7-12)11(9-17-14)6-10-2-1-5-16-8-10/h3-4,7,9-10,16-17H,1-2,5-6,8H2. The van der Waals surface area contributed by atoms with Crippen LogP contribution in [0.3, 0.4) is 0 Å². The van der Waals surface area contributed by atoms with Crippen molar-refractivity contribution in [2.75, 3.05) is 13.1 Å². The molecule has 0 aliphatic carbocycles. The summed E-state index contributed by atoms with van der Waals surface area (Å²) in [6.07, 6.45) is 6.03. The molecule has 1 unspecified atom stereocenters. The smallest absolute Gasteiger partial charge is 0.0457 e. The van der Waals surface area contributed by atoms with Crippen molar-refractivity contribution in [2.45, 2.75) is 19.3 Å². The van der Waals surface area contributed by atoms with Crippen LogP contribution in [0.2, 0.25) is 0 Å². The van der Waals surface area contributed by atoms with Gasteiger partial charge < -0.3 is 10.3 Å². The Morgan fingerprint density at radius 2 is 2.29 bits per heavy atom. The molecule has 0 bridgehead atoms. The molecule has 2 N–H and O–H groups in total. The second-order valence-electron chi connectivity index (χ2n) is 4.92. The fourth-order valence-corrected chi connectivity index (χ4v) is 3.09. The molecule has 90 valence electrons. The van der Waals surface area contributed by atoms with Gasteiger partial charge in [0.15, 0.2) is 0 Å². The van der Waals surface area contributed by atoms with Gasteiger partial charge in [0.25, 0.3) is 0 Å². The van der Waals surface area contributed by atoms with Crippen LogP contribution in [0.15, 0.2) is 28.9 Å². The largest absolute Gasteiger partial charge is 0.361 e. The Bertz CT molecular complexity index is 512. The van der Waals surface area contributed by atoms with Crippen LogP contribution in [0.5, 0.6) is 0 Å². The number of hydrogen-bond acceptors (Lipinski definition) is 1. The van der Waals surface area contributed by atoms with Gasteiger partial charge >= 0.3 is 0 Å². The second kappa shape index (κ2) is 4.83. The lowest BCUT2D eigenvalue weighted by molar-refractivity contribution is 0.377. The maximum Gasteiger partial charge on any atom is 0.0457 e. The predicted molar refractivity (Wildman–Crippen MR) is 75.3 cm³/mol. The second-order valence-corrected chi connectivity index (χ2v) is 5.84. The Labute approximate surface area is 110 Å². The van der Waals surface area contributed by atoms with Gasteiger partial charge in [0.05, 0.1) is 0 Å². The SMILES string of the molecule is Brc1ccc2[nH]cc(CC3CCCNC3)c2c1. The number of rotatable bonds is 2. The highest BCUT2D eigenvalue weighted by molar-refractivity contribution is 9.10. The van der Waals surface area contributed by atoms with E-state index in [4.69, 9.17) is 0 Å². The molecular weight excluding hydrogens is 276 g/mol. The van der Waals surface area contributed by atoms with Gasteiger partial charge in [0.1, 0.15) is 0 Å². The molecule has 2 aromatic rings. The monoisotopic (exact) mass is 292 g/mol. The van der Waals surface area contributed by atoms with E-state index in [0.29, 0.717) is 0 Å². The van der Waals surface area contributed by atoms with Crippen LogP contribution in [0.4, 0.5) is 0 Å². The molecule has 3 heteroatoms. The van der Waals surface area contributed by atoms with Crippen molar-refractivity contribution in [2.24, 2.45) is 5.92 Å². The third kappa shape index (κ3) is 2.40. The number of fused-ring (bicyclic) bond motifs is 1.